The van der Waals surface area contributed by atoms with Crippen LogP contribution in [0, 0.1) is 5.82 Å². The van der Waals surface area contributed by atoms with Gasteiger partial charge in [-0.15, -0.1) is 12.4 Å². The SMILES string of the molecule is CC1(C)OB(c2cnccc2F)OC1(C)C.Cl. The standard InChI is InChI=1S/C11H15BFNO2.ClH/c1-10(2)11(3,4)16-12(15-10)8-7-14-6-5-9(8)13;/h5-7H,1-4H3;1H. The maximum absolute atomic E-state index is 13.5. The molecule has 0 aliphatic carbocycles. The van der Waals surface area contributed by atoms with Gasteiger partial charge in [-0.3, -0.25) is 4.98 Å². The van der Waals surface area contributed by atoms with Gasteiger partial charge in [-0.25, -0.2) is 4.39 Å². The number of hydrogen-bond donors (Lipinski definition) is 0. The van der Waals surface area contributed by atoms with E-state index in [1.165, 1.54) is 18.5 Å². The zero-order valence-corrected chi connectivity index (χ0v) is 11.2. The van der Waals surface area contributed by atoms with Crippen molar-refractivity contribution in [3.05, 3.63) is 24.3 Å². The molecule has 1 aliphatic rings. The van der Waals surface area contributed by atoms with Gasteiger partial charge in [0.05, 0.1) is 11.2 Å². The van der Waals surface area contributed by atoms with Crippen molar-refractivity contribution < 1.29 is 13.7 Å². The molecule has 1 saturated heterocycles. The van der Waals surface area contributed by atoms with Gasteiger partial charge in [0.2, 0.25) is 0 Å². The highest BCUT2D eigenvalue weighted by Gasteiger charge is 2.52. The van der Waals surface area contributed by atoms with Gasteiger partial charge in [0.15, 0.2) is 0 Å². The summed E-state index contributed by atoms with van der Waals surface area (Å²) in [4.78, 5) is 3.89. The van der Waals surface area contributed by atoms with Crippen LogP contribution < -0.4 is 5.46 Å². The zero-order chi connectivity index (χ0) is 12.0. The topological polar surface area (TPSA) is 31.4 Å². The van der Waals surface area contributed by atoms with Crippen LogP contribution in [0.2, 0.25) is 0 Å². The van der Waals surface area contributed by atoms with E-state index in [4.69, 9.17) is 9.31 Å². The summed E-state index contributed by atoms with van der Waals surface area (Å²) in [5, 5.41) is 0. The molecule has 3 nitrogen and oxygen atoms in total. The maximum Gasteiger partial charge on any atom is 0.499 e. The Morgan fingerprint density at radius 2 is 1.71 bits per heavy atom. The lowest BCUT2D eigenvalue weighted by molar-refractivity contribution is 0.00578. The molecule has 0 radical (unpaired) electrons. The normalized spacial score (nSPS) is 21.1. The monoisotopic (exact) mass is 259 g/mol. The minimum atomic E-state index is -0.682. The van der Waals surface area contributed by atoms with Gasteiger partial charge in [-0.05, 0) is 33.8 Å². The summed E-state index contributed by atoms with van der Waals surface area (Å²) in [6.07, 6.45) is 2.85. The third-order valence-electron chi connectivity index (χ3n) is 3.30. The molecule has 1 fully saturated rings. The fourth-order valence-corrected chi connectivity index (χ4v) is 1.53. The molecule has 2 rings (SSSR count). The van der Waals surface area contributed by atoms with Crippen molar-refractivity contribution in [2.24, 2.45) is 0 Å². The fourth-order valence-electron chi connectivity index (χ4n) is 1.53. The van der Waals surface area contributed by atoms with E-state index in [2.05, 4.69) is 4.98 Å². The van der Waals surface area contributed by atoms with E-state index in [9.17, 15) is 4.39 Å². The first-order chi connectivity index (χ1) is 7.33. The average Bonchev–Trinajstić information content (AvgIpc) is 2.36. The molecule has 2 heterocycles. The minimum absolute atomic E-state index is 0. The van der Waals surface area contributed by atoms with Gasteiger partial charge in [0, 0.05) is 17.9 Å². The quantitative estimate of drug-likeness (QED) is 0.722. The van der Waals surface area contributed by atoms with E-state index >= 15 is 0 Å². The van der Waals surface area contributed by atoms with Crippen LogP contribution >= 0.6 is 12.4 Å². The van der Waals surface area contributed by atoms with E-state index in [0.717, 1.165) is 0 Å². The molecule has 1 aromatic rings. The minimum Gasteiger partial charge on any atom is -0.399 e. The maximum atomic E-state index is 13.5. The van der Waals surface area contributed by atoms with Crippen LogP contribution in [0.15, 0.2) is 18.5 Å². The first kappa shape index (κ1) is 14.4. The predicted molar refractivity (Wildman–Crippen MR) is 67.2 cm³/mol. The van der Waals surface area contributed by atoms with Crippen molar-refractivity contribution in [3.8, 4) is 0 Å². The second-order valence-electron chi connectivity index (χ2n) is 4.99. The Morgan fingerprint density at radius 1 is 1.18 bits per heavy atom. The number of rotatable bonds is 1. The summed E-state index contributed by atoms with van der Waals surface area (Å²) >= 11 is 0. The predicted octanol–water partition coefficient (Wildman–Crippen LogP) is 1.94. The highest BCUT2D eigenvalue weighted by Crippen LogP contribution is 2.36. The van der Waals surface area contributed by atoms with Crippen LogP contribution in [-0.2, 0) is 9.31 Å². The summed E-state index contributed by atoms with van der Waals surface area (Å²) in [5.41, 5.74) is -0.568. The molecule has 1 aliphatic heterocycles. The van der Waals surface area contributed by atoms with Gasteiger partial charge in [0.1, 0.15) is 5.82 Å². The number of aromatic nitrogens is 1. The number of halogens is 2. The lowest BCUT2D eigenvalue weighted by Crippen LogP contribution is -2.41. The third kappa shape index (κ3) is 2.46. The average molecular weight is 260 g/mol. The molecule has 0 spiro atoms. The number of pyridine rings is 1. The molecule has 0 aromatic carbocycles. The molecule has 0 amide bonds. The van der Waals surface area contributed by atoms with Gasteiger partial charge in [-0.1, -0.05) is 0 Å². The molecule has 6 heteroatoms. The first-order valence-electron chi connectivity index (χ1n) is 5.28. The van der Waals surface area contributed by atoms with Crippen molar-refractivity contribution in [1.29, 1.82) is 0 Å². The fraction of sp³-hybridized carbons (Fsp3) is 0.545. The zero-order valence-electron chi connectivity index (χ0n) is 10.4. The molecule has 0 bridgehead atoms. The molecule has 17 heavy (non-hydrogen) atoms. The summed E-state index contributed by atoms with van der Waals surface area (Å²) in [5.74, 6) is -0.353. The molecule has 0 N–H and O–H groups in total. The summed E-state index contributed by atoms with van der Waals surface area (Å²) in [6, 6.07) is 1.31. The third-order valence-corrected chi connectivity index (χ3v) is 3.30. The molecular weight excluding hydrogens is 243 g/mol. The summed E-state index contributed by atoms with van der Waals surface area (Å²) in [6.45, 7) is 7.73. The number of hydrogen-bond acceptors (Lipinski definition) is 3. The Balaban J connectivity index is 0.00000144. The summed E-state index contributed by atoms with van der Waals surface area (Å²) < 4.78 is 25.0. The summed E-state index contributed by atoms with van der Waals surface area (Å²) in [7, 11) is -0.682. The van der Waals surface area contributed by atoms with Crippen LogP contribution in [0.4, 0.5) is 4.39 Å². The molecular formula is C11H16BClFNO2. The van der Waals surface area contributed by atoms with E-state index in [1.807, 2.05) is 27.7 Å². The van der Waals surface area contributed by atoms with Crippen LogP contribution in [-0.4, -0.2) is 23.3 Å². The van der Waals surface area contributed by atoms with Gasteiger partial charge < -0.3 is 9.31 Å². The highest BCUT2D eigenvalue weighted by atomic mass is 35.5. The van der Waals surface area contributed by atoms with Crippen molar-refractivity contribution in [1.82, 2.24) is 4.98 Å². The van der Waals surface area contributed by atoms with Crippen LogP contribution in [0.5, 0.6) is 0 Å². The van der Waals surface area contributed by atoms with Crippen molar-refractivity contribution in [2.45, 2.75) is 38.9 Å². The van der Waals surface area contributed by atoms with E-state index < -0.39 is 18.3 Å². The van der Waals surface area contributed by atoms with Crippen LogP contribution in [0.1, 0.15) is 27.7 Å². The van der Waals surface area contributed by atoms with E-state index in [0.29, 0.717) is 5.46 Å². The molecule has 0 unspecified atom stereocenters. The van der Waals surface area contributed by atoms with Gasteiger partial charge in [0.25, 0.3) is 0 Å². The number of nitrogens with zero attached hydrogens (tertiary/aromatic N) is 1. The lowest BCUT2D eigenvalue weighted by Gasteiger charge is -2.32. The van der Waals surface area contributed by atoms with Crippen LogP contribution in [0.3, 0.4) is 0 Å². The molecule has 94 valence electrons. The van der Waals surface area contributed by atoms with E-state index in [-0.39, 0.29) is 18.2 Å². The molecule has 0 saturated carbocycles. The van der Waals surface area contributed by atoms with Gasteiger partial charge in [-0.2, -0.15) is 0 Å². The van der Waals surface area contributed by atoms with Gasteiger partial charge >= 0.3 is 7.12 Å². The Morgan fingerprint density at radius 3 is 2.18 bits per heavy atom. The highest BCUT2D eigenvalue weighted by molar-refractivity contribution is 6.62. The first-order valence-corrected chi connectivity index (χ1v) is 5.28. The lowest BCUT2D eigenvalue weighted by atomic mass is 9.80. The van der Waals surface area contributed by atoms with Crippen molar-refractivity contribution in [3.63, 3.8) is 0 Å². The van der Waals surface area contributed by atoms with Crippen molar-refractivity contribution >= 4 is 25.0 Å². The van der Waals surface area contributed by atoms with Crippen LogP contribution in [0.25, 0.3) is 0 Å². The van der Waals surface area contributed by atoms with Crippen molar-refractivity contribution in [2.75, 3.05) is 0 Å². The second-order valence-corrected chi connectivity index (χ2v) is 4.99. The molecule has 1 aromatic heterocycles. The Hall–Kier alpha value is -0.645. The van der Waals surface area contributed by atoms with E-state index in [1.54, 1.807) is 0 Å². The Kier molecular flexibility index (Phi) is 3.86. The molecule has 0 atom stereocenters. The second kappa shape index (κ2) is 4.56. The largest absolute Gasteiger partial charge is 0.499 e. The Labute approximate surface area is 107 Å². The Bertz CT molecular complexity index is 398. The smallest absolute Gasteiger partial charge is 0.399 e.